The van der Waals surface area contributed by atoms with E-state index in [4.69, 9.17) is 10.5 Å². The second-order valence-electron chi connectivity index (χ2n) is 9.28. The minimum atomic E-state index is 0.631. The Morgan fingerprint density at radius 3 is 1.13 bits per heavy atom. The maximum Gasteiger partial charge on any atom is 0.0991 e. The first-order valence-electron chi connectivity index (χ1n) is 12.2. The lowest BCUT2D eigenvalue weighted by Crippen LogP contribution is -1.79. The number of nitriles is 2. The maximum atomic E-state index is 9.05. The SMILES string of the molecule is N#Cc1ccc(C#Cc2cc3c4cccc5c(C#Cc6ccc(C#N)cc6)cc(c6cccc2c63)c54)cc1. The Morgan fingerprint density at radius 2 is 0.737 bits per heavy atom. The Balaban J connectivity index is 1.41. The summed E-state index contributed by atoms with van der Waals surface area (Å²) in [4.78, 5) is 0. The maximum absolute atomic E-state index is 9.05. The smallest absolute Gasteiger partial charge is 0.0991 e. The highest BCUT2D eigenvalue weighted by Gasteiger charge is 2.18. The summed E-state index contributed by atoms with van der Waals surface area (Å²) in [6, 6.07) is 36.3. The van der Waals surface area contributed by atoms with E-state index in [9.17, 15) is 0 Å². The predicted molar refractivity (Wildman–Crippen MR) is 153 cm³/mol. The van der Waals surface area contributed by atoms with Gasteiger partial charge in [0.25, 0.3) is 0 Å². The van der Waals surface area contributed by atoms with Crippen LogP contribution in [0, 0.1) is 46.3 Å². The van der Waals surface area contributed by atoms with Gasteiger partial charge in [0.1, 0.15) is 0 Å². The van der Waals surface area contributed by atoms with E-state index < -0.39 is 0 Å². The highest BCUT2D eigenvalue weighted by Crippen LogP contribution is 2.44. The van der Waals surface area contributed by atoms with E-state index in [0.717, 1.165) is 33.0 Å². The minimum Gasteiger partial charge on any atom is -0.192 e. The molecule has 38 heavy (non-hydrogen) atoms. The summed E-state index contributed by atoms with van der Waals surface area (Å²) in [5, 5.41) is 27.7. The minimum absolute atomic E-state index is 0.631. The fraction of sp³-hybridized carbons (Fsp3) is 0. The molecule has 2 heteroatoms. The third-order valence-electron chi connectivity index (χ3n) is 7.12. The molecule has 0 saturated carbocycles. The van der Waals surface area contributed by atoms with Crippen molar-refractivity contribution in [3.05, 3.63) is 130 Å². The molecule has 0 radical (unpaired) electrons. The first-order chi connectivity index (χ1) is 18.7. The summed E-state index contributed by atoms with van der Waals surface area (Å²) >= 11 is 0. The van der Waals surface area contributed by atoms with E-state index in [1.807, 2.05) is 24.3 Å². The van der Waals surface area contributed by atoms with Gasteiger partial charge in [-0.15, -0.1) is 0 Å². The van der Waals surface area contributed by atoms with Gasteiger partial charge in [-0.1, -0.05) is 60.1 Å². The molecule has 0 atom stereocenters. The quantitative estimate of drug-likeness (QED) is 0.166. The standard InChI is InChI=1S/C36H16N2/c37-21-25-11-7-23(8-12-25)15-17-27-19-34-32-6-2-4-30-28(18-16-24-9-13-26(22-38)14-10-24)20-33(36(30)32)31-5-1-3-29(27)35(31)34/h1-14,19-20H. The van der Waals surface area contributed by atoms with E-state index in [0.29, 0.717) is 11.1 Å². The summed E-state index contributed by atoms with van der Waals surface area (Å²) < 4.78 is 0. The van der Waals surface area contributed by atoms with Crippen LogP contribution in [0.3, 0.4) is 0 Å². The van der Waals surface area contributed by atoms with Crippen LogP contribution in [0.25, 0.3) is 43.1 Å². The first-order valence-corrected chi connectivity index (χ1v) is 12.2. The van der Waals surface area contributed by atoms with Gasteiger partial charge in [0.2, 0.25) is 0 Å². The summed E-state index contributed by atoms with van der Waals surface area (Å²) in [5.74, 6) is 13.3. The van der Waals surface area contributed by atoms with Gasteiger partial charge < -0.3 is 0 Å². The lowest BCUT2D eigenvalue weighted by atomic mass is 9.97. The zero-order valence-corrected chi connectivity index (χ0v) is 20.1. The van der Waals surface area contributed by atoms with Crippen molar-refractivity contribution in [3.63, 3.8) is 0 Å². The van der Waals surface area contributed by atoms with Crippen LogP contribution in [0.15, 0.2) is 97.1 Å². The third-order valence-corrected chi connectivity index (χ3v) is 7.12. The molecule has 0 spiro atoms. The summed E-state index contributed by atoms with van der Waals surface area (Å²) in [7, 11) is 0. The van der Waals surface area contributed by atoms with Crippen molar-refractivity contribution >= 4 is 43.1 Å². The Hall–Kier alpha value is -5.80. The average Bonchev–Trinajstić information content (AvgIpc) is 3.54. The highest BCUT2D eigenvalue weighted by atomic mass is 14.2. The molecule has 7 aromatic rings. The van der Waals surface area contributed by atoms with Crippen LogP contribution in [-0.2, 0) is 0 Å². The molecule has 2 nitrogen and oxygen atoms in total. The van der Waals surface area contributed by atoms with Crippen molar-refractivity contribution < 1.29 is 0 Å². The van der Waals surface area contributed by atoms with Crippen LogP contribution in [0.2, 0.25) is 0 Å². The Morgan fingerprint density at radius 1 is 0.368 bits per heavy atom. The van der Waals surface area contributed by atoms with Crippen LogP contribution < -0.4 is 0 Å². The molecule has 0 unspecified atom stereocenters. The van der Waals surface area contributed by atoms with Crippen molar-refractivity contribution in [2.75, 3.05) is 0 Å². The zero-order valence-electron chi connectivity index (χ0n) is 20.1. The van der Waals surface area contributed by atoms with E-state index >= 15 is 0 Å². The molecule has 0 aliphatic heterocycles. The van der Waals surface area contributed by atoms with Crippen LogP contribution in [0.4, 0.5) is 0 Å². The van der Waals surface area contributed by atoms with Crippen LogP contribution >= 0.6 is 0 Å². The highest BCUT2D eigenvalue weighted by molar-refractivity contribution is 6.35. The van der Waals surface area contributed by atoms with E-state index in [2.05, 4.69) is 84.4 Å². The Kier molecular flexibility index (Phi) is 4.75. The fourth-order valence-corrected chi connectivity index (χ4v) is 5.34. The molecule has 0 fully saturated rings. The topological polar surface area (TPSA) is 47.6 Å². The number of rotatable bonds is 0. The number of nitrogens with zero attached hydrogens (tertiary/aromatic N) is 2. The second kappa shape index (κ2) is 8.40. The van der Waals surface area contributed by atoms with E-state index in [-0.39, 0.29) is 0 Å². The second-order valence-corrected chi connectivity index (χ2v) is 9.28. The van der Waals surface area contributed by atoms with Crippen LogP contribution in [-0.4, -0.2) is 0 Å². The average molecular weight is 477 g/mol. The summed E-state index contributed by atoms with van der Waals surface area (Å²) in [5.41, 5.74) is 5.04. The van der Waals surface area contributed by atoms with Crippen molar-refractivity contribution in [3.8, 4) is 35.8 Å². The van der Waals surface area contributed by atoms with Gasteiger partial charge in [-0.05, 0) is 104 Å². The number of benzene rings is 5. The molecule has 0 heterocycles. The third kappa shape index (κ3) is 3.31. The van der Waals surface area contributed by atoms with Crippen molar-refractivity contribution in [1.82, 2.24) is 0 Å². The van der Waals surface area contributed by atoms with Gasteiger partial charge in [-0.25, -0.2) is 0 Å². The lowest BCUT2D eigenvalue weighted by Gasteiger charge is -2.06. The normalized spacial score (nSPS) is 10.7. The van der Waals surface area contributed by atoms with Gasteiger partial charge in [-0.2, -0.15) is 10.5 Å². The van der Waals surface area contributed by atoms with Crippen molar-refractivity contribution in [2.45, 2.75) is 0 Å². The molecule has 0 bridgehead atoms. The van der Waals surface area contributed by atoms with E-state index in [1.165, 1.54) is 32.3 Å². The molecule has 170 valence electrons. The monoisotopic (exact) mass is 476 g/mol. The molecule has 0 amide bonds. The molecule has 0 aliphatic carbocycles. The summed E-state index contributed by atoms with van der Waals surface area (Å²) in [6.07, 6.45) is 0. The number of hydrogen-bond acceptors (Lipinski definition) is 2. The molecule has 0 saturated heterocycles. The molecule has 0 aliphatic rings. The molecular formula is C36H16N2. The number of fused-ring (bicyclic) bond motifs is 2. The zero-order chi connectivity index (χ0) is 25.6. The van der Waals surface area contributed by atoms with Crippen molar-refractivity contribution in [2.24, 2.45) is 0 Å². The van der Waals surface area contributed by atoms with Crippen molar-refractivity contribution in [1.29, 1.82) is 10.5 Å². The lowest BCUT2D eigenvalue weighted by molar-refractivity contribution is 1.48. The van der Waals surface area contributed by atoms with Gasteiger partial charge in [0, 0.05) is 22.3 Å². The van der Waals surface area contributed by atoms with Gasteiger partial charge >= 0.3 is 0 Å². The largest absolute Gasteiger partial charge is 0.192 e. The van der Waals surface area contributed by atoms with Crippen LogP contribution in [0.5, 0.6) is 0 Å². The van der Waals surface area contributed by atoms with Gasteiger partial charge in [-0.3, -0.25) is 0 Å². The summed E-state index contributed by atoms with van der Waals surface area (Å²) in [6.45, 7) is 0. The first kappa shape index (κ1) is 21.5. The Labute approximate surface area is 219 Å². The molecule has 7 rings (SSSR count). The van der Waals surface area contributed by atoms with Gasteiger partial charge in [0.15, 0.2) is 0 Å². The fourth-order valence-electron chi connectivity index (χ4n) is 5.34. The molecule has 0 N–H and O–H groups in total. The predicted octanol–water partition coefficient (Wildman–Crippen LogP) is 7.72. The Bertz CT molecular complexity index is 2070. The van der Waals surface area contributed by atoms with Gasteiger partial charge in [0.05, 0.1) is 23.3 Å². The molecule has 0 aromatic heterocycles. The molecule has 7 aromatic carbocycles. The van der Waals surface area contributed by atoms with Crippen LogP contribution in [0.1, 0.15) is 33.4 Å². The number of hydrogen-bond donors (Lipinski definition) is 0. The molecular weight excluding hydrogens is 460 g/mol. The van der Waals surface area contributed by atoms with E-state index in [1.54, 1.807) is 24.3 Å².